The van der Waals surface area contributed by atoms with Gasteiger partial charge in [-0.2, -0.15) is 0 Å². The largest absolute Gasteiger partial charge is 0.480 e. The van der Waals surface area contributed by atoms with Gasteiger partial charge in [-0.05, 0) is 129 Å². The normalized spacial score (nSPS) is 15.6. The molecule has 2 aromatic rings. The van der Waals surface area contributed by atoms with E-state index in [1.807, 2.05) is 12.1 Å². The molecule has 7 nitrogen and oxygen atoms in total. The van der Waals surface area contributed by atoms with E-state index in [1.165, 1.54) is 11.1 Å². The Balaban J connectivity index is 1.30. The lowest BCUT2D eigenvalue weighted by atomic mass is 9.63. The molecular weight excluding hydrogens is 709 g/mol. The molecule has 0 saturated heterocycles. The van der Waals surface area contributed by atoms with Gasteiger partial charge in [-0.15, -0.1) is 0 Å². The monoisotopic (exact) mass is 774 g/mol. The number of amides is 2. The van der Waals surface area contributed by atoms with E-state index >= 15 is 0 Å². The van der Waals surface area contributed by atoms with Gasteiger partial charge in [0.25, 0.3) is 5.91 Å². The molecule has 3 rings (SSSR count). The van der Waals surface area contributed by atoms with Gasteiger partial charge in [0, 0.05) is 24.1 Å². The SMILES string of the molecule is CC/C=C\C/C=C\C/C=C\C/C=C\C/C=C\CCCC(=O)NCCCCC(NC(=O)c1ccc(/C=C/C(=O)c2ccc3c(c2)C(C)(C)CCC3(C)C)cc1)C(=O)O. The van der Waals surface area contributed by atoms with Crippen LogP contribution in [0, 0.1) is 0 Å². The zero-order chi connectivity index (χ0) is 41.5. The molecule has 1 unspecified atom stereocenters. The molecule has 2 amide bonds. The van der Waals surface area contributed by atoms with Crippen molar-refractivity contribution in [3.05, 3.63) is 137 Å². The second-order valence-electron chi connectivity index (χ2n) is 16.2. The molecule has 57 heavy (non-hydrogen) atoms. The minimum Gasteiger partial charge on any atom is -0.480 e. The molecular formula is C50H66N2O5. The molecule has 1 aliphatic carbocycles. The van der Waals surface area contributed by atoms with Crippen molar-refractivity contribution in [2.45, 2.75) is 135 Å². The van der Waals surface area contributed by atoms with Gasteiger partial charge >= 0.3 is 5.97 Å². The zero-order valence-electron chi connectivity index (χ0n) is 35.0. The Kier molecular flexibility index (Phi) is 20.0. The van der Waals surface area contributed by atoms with Gasteiger partial charge in [0.1, 0.15) is 6.04 Å². The summed E-state index contributed by atoms with van der Waals surface area (Å²) in [4.78, 5) is 50.1. The smallest absolute Gasteiger partial charge is 0.326 e. The van der Waals surface area contributed by atoms with E-state index < -0.39 is 17.9 Å². The Bertz CT molecular complexity index is 1790. The predicted molar refractivity (Wildman–Crippen MR) is 236 cm³/mol. The lowest BCUT2D eigenvalue weighted by molar-refractivity contribution is -0.139. The summed E-state index contributed by atoms with van der Waals surface area (Å²) in [5, 5.41) is 15.3. The van der Waals surface area contributed by atoms with Gasteiger partial charge < -0.3 is 15.7 Å². The average molecular weight is 775 g/mol. The number of carboxylic acid groups (broad SMARTS) is 1. The van der Waals surface area contributed by atoms with Gasteiger partial charge in [-0.25, -0.2) is 4.79 Å². The Labute approximate surface area is 342 Å². The van der Waals surface area contributed by atoms with Crippen LogP contribution in [0.25, 0.3) is 6.08 Å². The third-order valence-corrected chi connectivity index (χ3v) is 10.5. The van der Waals surface area contributed by atoms with Crippen LogP contribution >= 0.6 is 0 Å². The summed E-state index contributed by atoms with van der Waals surface area (Å²) in [6, 6.07) is 11.7. The highest BCUT2D eigenvalue weighted by Crippen LogP contribution is 2.46. The highest BCUT2D eigenvalue weighted by Gasteiger charge is 2.37. The quantitative estimate of drug-likeness (QED) is 0.0425. The van der Waals surface area contributed by atoms with Gasteiger partial charge in [-0.1, -0.05) is 126 Å². The maximum absolute atomic E-state index is 13.1. The Hall–Kier alpha value is -5.04. The lowest BCUT2D eigenvalue weighted by Crippen LogP contribution is -2.40. The van der Waals surface area contributed by atoms with E-state index in [-0.39, 0.29) is 28.9 Å². The van der Waals surface area contributed by atoms with Crippen molar-refractivity contribution in [1.29, 1.82) is 0 Å². The van der Waals surface area contributed by atoms with Crippen LogP contribution in [0.2, 0.25) is 0 Å². The number of fused-ring (bicyclic) bond motifs is 1. The van der Waals surface area contributed by atoms with E-state index in [0.29, 0.717) is 36.9 Å². The van der Waals surface area contributed by atoms with Crippen LogP contribution in [0.15, 0.2) is 109 Å². The Morgan fingerprint density at radius 1 is 0.702 bits per heavy atom. The van der Waals surface area contributed by atoms with E-state index in [1.54, 1.807) is 36.4 Å². The van der Waals surface area contributed by atoms with Crippen molar-refractivity contribution >= 4 is 29.6 Å². The number of aliphatic carboxylic acids is 1. The van der Waals surface area contributed by atoms with E-state index in [2.05, 4.69) is 112 Å². The van der Waals surface area contributed by atoms with Crippen LogP contribution in [0.4, 0.5) is 0 Å². The Morgan fingerprint density at radius 3 is 1.86 bits per heavy atom. The maximum Gasteiger partial charge on any atom is 0.326 e. The lowest BCUT2D eigenvalue weighted by Gasteiger charge is -2.42. The number of allylic oxidation sites excluding steroid dienone is 11. The predicted octanol–water partition coefficient (Wildman–Crippen LogP) is 11.3. The van der Waals surface area contributed by atoms with E-state index in [9.17, 15) is 24.3 Å². The first-order valence-electron chi connectivity index (χ1n) is 20.9. The molecule has 0 aromatic heterocycles. The first kappa shape index (κ1) is 46.3. The fourth-order valence-corrected chi connectivity index (χ4v) is 6.79. The molecule has 3 N–H and O–H groups in total. The van der Waals surface area contributed by atoms with Crippen molar-refractivity contribution in [2.24, 2.45) is 0 Å². The van der Waals surface area contributed by atoms with Crippen LogP contribution in [0.5, 0.6) is 0 Å². The molecule has 1 atom stereocenters. The molecule has 0 fully saturated rings. The summed E-state index contributed by atoms with van der Waals surface area (Å²) in [6.45, 7) is 11.6. The summed E-state index contributed by atoms with van der Waals surface area (Å²) in [5.41, 5.74) is 4.38. The number of carboxylic acids is 1. The van der Waals surface area contributed by atoms with Gasteiger partial charge in [0.15, 0.2) is 5.78 Å². The number of carbonyl (C=O) groups is 4. The third kappa shape index (κ3) is 16.9. The standard InChI is InChI=1S/C50H66N2O5/c1-6-7-8-9-10-11-12-13-14-15-16-17-18-19-20-21-22-26-46(54)51-37-24-23-25-44(48(56)57)52-47(55)40-30-27-39(28-31-40)29-34-45(53)41-32-33-42-43(38-41)50(4,5)36-35-49(42,2)3/h7-8,10-11,13-14,16-17,19-20,27-34,38,44H,6,9,12,15,18,21-26,35-37H2,1-5H3,(H,51,54)(H,52,55)(H,56,57)/b8-7-,11-10-,14-13-,17-16-,20-19-,34-29+. The molecule has 306 valence electrons. The second kappa shape index (κ2) is 24.6. The highest BCUT2D eigenvalue weighted by atomic mass is 16.4. The summed E-state index contributed by atoms with van der Waals surface area (Å²) in [5.74, 6) is -1.68. The highest BCUT2D eigenvalue weighted by molar-refractivity contribution is 6.07. The maximum atomic E-state index is 13.1. The molecule has 0 radical (unpaired) electrons. The fraction of sp³-hybridized carbons (Fsp3) is 0.440. The van der Waals surface area contributed by atoms with Crippen LogP contribution < -0.4 is 10.6 Å². The van der Waals surface area contributed by atoms with Crippen molar-refractivity contribution in [3.8, 4) is 0 Å². The van der Waals surface area contributed by atoms with Crippen LogP contribution in [0.1, 0.15) is 155 Å². The minimum absolute atomic E-state index is 0.0112. The number of rotatable bonds is 24. The van der Waals surface area contributed by atoms with Crippen LogP contribution in [0.3, 0.4) is 0 Å². The topological polar surface area (TPSA) is 113 Å². The van der Waals surface area contributed by atoms with E-state index in [0.717, 1.165) is 63.4 Å². The molecule has 0 aliphatic heterocycles. The molecule has 2 aromatic carbocycles. The number of carbonyl (C=O) groups excluding carboxylic acids is 3. The molecule has 0 saturated carbocycles. The summed E-state index contributed by atoms with van der Waals surface area (Å²) < 4.78 is 0. The second-order valence-corrected chi connectivity index (χ2v) is 16.2. The van der Waals surface area contributed by atoms with Crippen LogP contribution in [-0.4, -0.2) is 41.3 Å². The number of benzene rings is 2. The van der Waals surface area contributed by atoms with E-state index in [4.69, 9.17) is 0 Å². The van der Waals surface area contributed by atoms with Crippen molar-refractivity contribution < 1.29 is 24.3 Å². The average Bonchev–Trinajstić information content (AvgIpc) is 3.19. The van der Waals surface area contributed by atoms with Crippen LogP contribution in [-0.2, 0) is 20.4 Å². The van der Waals surface area contributed by atoms with Gasteiger partial charge in [0.05, 0.1) is 0 Å². The molecule has 0 heterocycles. The van der Waals surface area contributed by atoms with Crippen molar-refractivity contribution in [3.63, 3.8) is 0 Å². The molecule has 7 heteroatoms. The molecule has 0 bridgehead atoms. The number of unbranched alkanes of at least 4 members (excludes halogenated alkanes) is 2. The minimum atomic E-state index is -1.10. The summed E-state index contributed by atoms with van der Waals surface area (Å²) in [7, 11) is 0. The number of nitrogens with one attached hydrogen (secondary N) is 2. The molecule has 1 aliphatic rings. The van der Waals surface area contributed by atoms with Crippen molar-refractivity contribution in [1.82, 2.24) is 10.6 Å². The number of hydrogen-bond acceptors (Lipinski definition) is 4. The van der Waals surface area contributed by atoms with Crippen molar-refractivity contribution in [2.75, 3.05) is 6.54 Å². The number of ketones is 1. The third-order valence-electron chi connectivity index (χ3n) is 10.5. The number of hydrogen-bond donors (Lipinski definition) is 3. The zero-order valence-corrected chi connectivity index (χ0v) is 35.0. The summed E-state index contributed by atoms with van der Waals surface area (Å²) >= 11 is 0. The fourth-order valence-electron chi connectivity index (χ4n) is 6.79. The Morgan fingerprint density at radius 2 is 1.26 bits per heavy atom. The first-order valence-corrected chi connectivity index (χ1v) is 20.9. The van der Waals surface area contributed by atoms with Gasteiger partial charge in [-0.3, -0.25) is 14.4 Å². The molecule has 0 spiro atoms. The van der Waals surface area contributed by atoms with Gasteiger partial charge in [0.2, 0.25) is 5.91 Å². The summed E-state index contributed by atoms with van der Waals surface area (Å²) in [6.07, 6.45) is 35.4. The first-order chi connectivity index (χ1) is 27.3.